The summed E-state index contributed by atoms with van der Waals surface area (Å²) in [5, 5.41) is 12.1. The predicted molar refractivity (Wildman–Crippen MR) is 133 cm³/mol. The molecule has 3 unspecified atom stereocenters. The molecule has 1 amide bonds. The van der Waals surface area contributed by atoms with E-state index in [1.807, 2.05) is 13.8 Å². The molecule has 1 spiro atoms. The Morgan fingerprint density at radius 1 is 1.16 bits per heavy atom. The number of fused-ring (bicyclic) bond motifs is 2. The monoisotopic (exact) mass is 576 g/mol. The lowest BCUT2D eigenvalue weighted by Gasteiger charge is -2.59. The molecule has 9 nitrogen and oxygen atoms in total. The Balaban J connectivity index is 1.20. The molecule has 1 aliphatic carbocycles. The van der Waals surface area contributed by atoms with Crippen molar-refractivity contribution in [3.63, 3.8) is 0 Å². The fraction of sp³-hybridized carbons (Fsp3) is 0.667. The Hall–Kier alpha value is -2.03. The van der Waals surface area contributed by atoms with Crippen molar-refractivity contribution < 1.29 is 33.6 Å². The number of benzene rings is 1. The Bertz CT molecular complexity index is 1080. The standard InChI is InChI=1S/C27H33BrN2O7/c1-15-4-9-20-16(2)24(34-25-27(20)19(15)12-13-26(3,35-25)36-37-27)33-23(32)11-10-22(31)30-21(14-29)17-5-7-18(28)8-6-17/h5-8,15-16,19-21,24-25H,4,9-13H2,1-3H3,(H,30,31)/t15-,16-,19?,20?,21?,24-,25-,26+,27-/m1/s1. The largest absolute Gasteiger partial charge is 0.435 e. The van der Waals surface area contributed by atoms with Crippen LogP contribution in [0.5, 0.6) is 0 Å². The first-order valence-electron chi connectivity index (χ1n) is 13.0. The molecule has 0 aromatic heterocycles. The third-order valence-corrected chi connectivity index (χ3v) is 9.07. The topological polar surface area (TPSA) is 116 Å². The zero-order chi connectivity index (χ0) is 26.4. The van der Waals surface area contributed by atoms with Gasteiger partial charge in [-0.25, -0.2) is 9.78 Å². The van der Waals surface area contributed by atoms with Gasteiger partial charge >= 0.3 is 5.97 Å². The molecule has 1 N–H and O–H groups in total. The van der Waals surface area contributed by atoms with Crippen molar-refractivity contribution in [2.75, 3.05) is 0 Å². The summed E-state index contributed by atoms with van der Waals surface area (Å²) in [7, 11) is 0. The summed E-state index contributed by atoms with van der Waals surface area (Å²) in [4.78, 5) is 37.1. The molecule has 0 radical (unpaired) electrons. The molecule has 5 fully saturated rings. The van der Waals surface area contributed by atoms with Gasteiger partial charge in [0.1, 0.15) is 6.04 Å². The van der Waals surface area contributed by atoms with Gasteiger partial charge in [-0.2, -0.15) is 5.26 Å². The first-order valence-corrected chi connectivity index (χ1v) is 13.8. The Morgan fingerprint density at radius 2 is 1.92 bits per heavy atom. The number of nitrogens with zero attached hydrogens (tertiary/aromatic N) is 1. The van der Waals surface area contributed by atoms with Gasteiger partial charge in [-0.05, 0) is 55.7 Å². The van der Waals surface area contributed by atoms with Crippen molar-refractivity contribution in [3.05, 3.63) is 34.3 Å². The number of hydrogen-bond acceptors (Lipinski definition) is 8. The molecule has 4 saturated heterocycles. The molecule has 1 aromatic carbocycles. The van der Waals surface area contributed by atoms with Crippen LogP contribution in [-0.2, 0) is 33.6 Å². The maximum atomic E-state index is 12.7. The molecule has 10 heteroatoms. The molecule has 2 bridgehead atoms. The van der Waals surface area contributed by atoms with Crippen molar-refractivity contribution >= 4 is 27.8 Å². The summed E-state index contributed by atoms with van der Waals surface area (Å²) in [6, 6.07) is 8.40. The number of ether oxygens (including phenoxy) is 3. The summed E-state index contributed by atoms with van der Waals surface area (Å²) >= 11 is 3.35. The van der Waals surface area contributed by atoms with Gasteiger partial charge in [-0.3, -0.25) is 9.59 Å². The summed E-state index contributed by atoms with van der Waals surface area (Å²) in [6.07, 6.45) is 1.82. The first kappa shape index (κ1) is 26.6. The Labute approximate surface area is 225 Å². The smallest absolute Gasteiger partial charge is 0.308 e. The molecule has 1 saturated carbocycles. The van der Waals surface area contributed by atoms with E-state index < -0.39 is 41.9 Å². The van der Waals surface area contributed by atoms with E-state index in [4.69, 9.17) is 24.0 Å². The minimum Gasteiger partial charge on any atom is -0.435 e. The summed E-state index contributed by atoms with van der Waals surface area (Å²) in [5.41, 5.74) is -0.0624. The lowest BCUT2D eigenvalue weighted by atomic mass is 9.58. The van der Waals surface area contributed by atoms with E-state index in [-0.39, 0.29) is 30.6 Å². The fourth-order valence-corrected chi connectivity index (χ4v) is 6.75. The number of carbonyl (C=O) groups excluding carboxylic acids is 2. The van der Waals surface area contributed by atoms with Crippen LogP contribution in [0.3, 0.4) is 0 Å². The fourth-order valence-electron chi connectivity index (χ4n) is 6.49. The molecular weight excluding hydrogens is 544 g/mol. The highest BCUT2D eigenvalue weighted by Gasteiger charge is 2.69. The van der Waals surface area contributed by atoms with E-state index in [9.17, 15) is 14.9 Å². The van der Waals surface area contributed by atoms with Gasteiger partial charge in [0.2, 0.25) is 18.0 Å². The van der Waals surface area contributed by atoms with E-state index in [2.05, 4.69) is 34.2 Å². The normalized spacial score (nSPS) is 39.0. The quantitative estimate of drug-likeness (QED) is 0.384. The molecule has 1 aromatic rings. The van der Waals surface area contributed by atoms with Gasteiger partial charge < -0.3 is 19.5 Å². The van der Waals surface area contributed by atoms with Gasteiger partial charge in [0.25, 0.3) is 0 Å². The molecule has 4 heterocycles. The third-order valence-electron chi connectivity index (χ3n) is 8.54. The minimum atomic E-state index is -0.906. The SMILES string of the molecule is C[C@@H]1CCC2[C@@H](C)[C@H](OC(=O)CCC(=O)NC(C#N)c3ccc(Br)cc3)O[C@@H]3O[C@]4(C)CCC1[C@@]23OO4. The van der Waals surface area contributed by atoms with Gasteiger partial charge in [-0.1, -0.05) is 41.9 Å². The number of esters is 1. The van der Waals surface area contributed by atoms with Crippen molar-refractivity contribution in [1.82, 2.24) is 5.32 Å². The molecular formula is C27H33BrN2O7. The number of halogens is 1. The maximum Gasteiger partial charge on any atom is 0.308 e. The Kier molecular flexibility index (Phi) is 7.37. The predicted octanol–water partition coefficient (Wildman–Crippen LogP) is 4.66. The molecule has 6 rings (SSSR count). The van der Waals surface area contributed by atoms with Crippen molar-refractivity contribution in [3.8, 4) is 6.07 Å². The number of carbonyl (C=O) groups is 2. The summed E-state index contributed by atoms with van der Waals surface area (Å²) < 4.78 is 19.2. The van der Waals surface area contributed by atoms with Crippen LogP contribution in [0.25, 0.3) is 0 Å². The highest BCUT2D eigenvalue weighted by atomic mass is 79.9. The van der Waals surface area contributed by atoms with Crippen LogP contribution in [0.1, 0.15) is 70.9 Å². The van der Waals surface area contributed by atoms with Crippen LogP contribution in [0.4, 0.5) is 0 Å². The van der Waals surface area contributed by atoms with Gasteiger partial charge in [-0.15, -0.1) is 0 Å². The summed E-state index contributed by atoms with van der Waals surface area (Å²) in [6.45, 7) is 6.10. The molecule has 4 aliphatic heterocycles. The second-order valence-electron chi connectivity index (χ2n) is 10.9. The van der Waals surface area contributed by atoms with E-state index in [1.54, 1.807) is 24.3 Å². The highest BCUT2D eigenvalue weighted by Crippen LogP contribution is 2.60. The Morgan fingerprint density at radius 3 is 2.65 bits per heavy atom. The molecule has 9 atom stereocenters. The molecule has 200 valence electrons. The number of nitriles is 1. The first-order chi connectivity index (χ1) is 17.6. The van der Waals surface area contributed by atoms with E-state index in [0.29, 0.717) is 17.9 Å². The van der Waals surface area contributed by atoms with Gasteiger partial charge in [0.15, 0.2) is 11.9 Å². The van der Waals surface area contributed by atoms with Crippen LogP contribution in [0, 0.1) is 35.0 Å². The number of rotatable bonds is 6. The zero-order valence-corrected chi connectivity index (χ0v) is 22.9. The van der Waals surface area contributed by atoms with Crippen LogP contribution in [0.2, 0.25) is 0 Å². The third kappa shape index (κ3) is 4.92. The lowest BCUT2D eigenvalue weighted by Crippen LogP contribution is -2.70. The van der Waals surface area contributed by atoms with Crippen LogP contribution >= 0.6 is 15.9 Å². The number of hydrogen-bond donors (Lipinski definition) is 1. The van der Waals surface area contributed by atoms with E-state index >= 15 is 0 Å². The molecule has 37 heavy (non-hydrogen) atoms. The van der Waals surface area contributed by atoms with Crippen molar-refractivity contribution in [1.29, 1.82) is 5.26 Å². The lowest BCUT2D eigenvalue weighted by molar-refractivity contribution is -0.576. The second-order valence-corrected chi connectivity index (χ2v) is 11.9. The zero-order valence-electron chi connectivity index (χ0n) is 21.3. The van der Waals surface area contributed by atoms with Crippen LogP contribution < -0.4 is 5.32 Å². The van der Waals surface area contributed by atoms with Gasteiger partial charge in [0, 0.05) is 29.2 Å². The maximum absolute atomic E-state index is 12.7. The van der Waals surface area contributed by atoms with E-state index in [1.165, 1.54) is 0 Å². The van der Waals surface area contributed by atoms with E-state index in [0.717, 1.165) is 23.7 Å². The highest BCUT2D eigenvalue weighted by molar-refractivity contribution is 9.10. The summed E-state index contributed by atoms with van der Waals surface area (Å²) in [5.74, 6) is -1.29. The van der Waals surface area contributed by atoms with Crippen molar-refractivity contribution in [2.24, 2.45) is 23.7 Å². The average Bonchev–Trinajstić information content (AvgIpc) is 3.11. The minimum absolute atomic E-state index is 0.0403. The van der Waals surface area contributed by atoms with Crippen LogP contribution in [0.15, 0.2) is 28.7 Å². The average molecular weight is 577 g/mol. The second kappa shape index (κ2) is 10.3. The van der Waals surface area contributed by atoms with Gasteiger partial charge in [0.05, 0.1) is 12.5 Å². The van der Waals surface area contributed by atoms with Crippen molar-refractivity contribution in [2.45, 2.75) is 89.3 Å². The number of amides is 1. The number of nitrogens with one attached hydrogen (secondary N) is 1. The van der Waals surface area contributed by atoms with Crippen LogP contribution in [-0.4, -0.2) is 35.8 Å². The molecule has 5 aliphatic rings.